The topological polar surface area (TPSA) is 67.9 Å². The Morgan fingerprint density at radius 3 is 2.50 bits per heavy atom. The zero-order chi connectivity index (χ0) is 22.5. The van der Waals surface area contributed by atoms with E-state index in [1.165, 1.54) is 6.08 Å². The van der Waals surface area contributed by atoms with E-state index in [9.17, 15) is 4.79 Å². The lowest BCUT2D eigenvalue weighted by Gasteiger charge is -2.09. The molecule has 0 aliphatic heterocycles. The normalized spacial score (nSPS) is 10.9. The van der Waals surface area contributed by atoms with Crippen LogP contribution in [0.2, 0.25) is 0 Å². The summed E-state index contributed by atoms with van der Waals surface area (Å²) in [5, 5.41) is 11.2. The highest BCUT2D eigenvalue weighted by Crippen LogP contribution is 2.40. The van der Waals surface area contributed by atoms with E-state index < -0.39 is 0 Å². The summed E-state index contributed by atoms with van der Waals surface area (Å²) < 4.78 is 7.06. The van der Waals surface area contributed by atoms with E-state index in [0.29, 0.717) is 12.2 Å². The maximum absolute atomic E-state index is 11.9. The average Bonchev–Trinajstić information content (AvgIpc) is 3.44. The molecule has 0 bridgehead atoms. The minimum absolute atomic E-state index is 0.337. The Bertz CT molecular complexity index is 1310. The minimum Gasteiger partial charge on any atom is -0.463 e. The number of benzene rings is 2. The molecule has 2 aromatic heterocycles. The molecule has 6 heteroatoms. The molecule has 2 aromatic carbocycles. The van der Waals surface area contributed by atoms with Gasteiger partial charge in [0.05, 0.1) is 18.2 Å². The number of esters is 1. The van der Waals surface area contributed by atoms with Crippen molar-refractivity contribution in [2.24, 2.45) is 0 Å². The Kier molecular flexibility index (Phi) is 6.29. The molecule has 158 valence electrons. The fourth-order valence-electron chi connectivity index (χ4n) is 3.50. The van der Waals surface area contributed by atoms with Crippen LogP contribution in [-0.4, -0.2) is 22.1 Å². The van der Waals surface area contributed by atoms with E-state index in [4.69, 9.17) is 10.00 Å². The van der Waals surface area contributed by atoms with Crippen LogP contribution in [0.15, 0.2) is 72.4 Å². The molecule has 0 unspecified atom stereocenters. The number of imidazole rings is 1. The third-order valence-electron chi connectivity index (χ3n) is 5.06. The van der Waals surface area contributed by atoms with Crippen molar-refractivity contribution in [2.75, 3.05) is 6.61 Å². The maximum Gasteiger partial charge on any atom is 0.330 e. The van der Waals surface area contributed by atoms with Crippen molar-refractivity contribution in [1.29, 1.82) is 5.26 Å². The Morgan fingerprint density at radius 1 is 1.16 bits per heavy atom. The summed E-state index contributed by atoms with van der Waals surface area (Å²) in [6.45, 7) is 4.09. The molecule has 0 atom stereocenters. The summed E-state index contributed by atoms with van der Waals surface area (Å²) in [7, 11) is 0. The number of nitriles is 1. The standard InChI is InChI=1S/C26H21N3O2S/c1-3-31-25(30)13-12-24-26(21-6-4-19(16-27)5-7-21)23(17-32-24)20-8-10-22(11-9-20)29-15-14-28-18(29)2/h4-15,17H,3H2,1-2H3/b13-12+. The number of hydrogen-bond acceptors (Lipinski definition) is 5. The predicted molar refractivity (Wildman–Crippen MR) is 127 cm³/mol. The Balaban J connectivity index is 1.77. The van der Waals surface area contributed by atoms with E-state index in [-0.39, 0.29) is 5.97 Å². The smallest absolute Gasteiger partial charge is 0.330 e. The molecule has 0 spiro atoms. The first kappa shape index (κ1) is 21.3. The van der Waals surface area contributed by atoms with Crippen LogP contribution >= 0.6 is 11.3 Å². The maximum atomic E-state index is 11.9. The lowest BCUT2D eigenvalue weighted by atomic mass is 9.96. The number of hydrogen-bond donors (Lipinski definition) is 0. The van der Waals surface area contributed by atoms with Gasteiger partial charge in [-0.25, -0.2) is 9.78 Å². The van der Waals surface area contributed by atoms with Gasteiger partial charge in [0.2, 0.25) is 0 Å². The second-order valence-electron chi connectivity index (χ2n) is 7.05. The number of nitrogens with zero attached hydrogens (tertiary/aromatic N) is 3. The van der Waals surface area contributed by atoms with E-state index in [1.54, 1.807) is 42.7 Å². The van der Waals surface area contributed by atoms with Gasteiger partial charge >= 0.3 is 5.97 Å². The summed E-state index contributed by atoms with van der Waals surface area (Å²) in [6.07, 6.45) is 6.97. The molecule has 0 N–H and O–H groups in total. The van der Waals surface area contributed by atoms with Gasteiger partial charge in [0.25, 0.3) is 0 Å². The lowest BCUT2D eigenvalue weighted by molar-refractivity contribution is -0.137. The third kappa shape index (κ3) is 4.39. The number of carbonyl (C=O) groups excluding carboxylic acids is 1. The van der Waals surface area contributed by atoms with E-state index in [2.05, 4.69) is 40.7 Å². The molecule has 2 heterocycles. The van der Waals surface area contributed by atoms with E-state index >= 15 is 0 Å². The molecular weight excluding hydrogens is 418 g/mol. The highest BCUT2D eigenvalue weighted by Gasteiger charge is 2.15. The van der Waals surface area contributed by atoms with E-state index in [1.807, 2.05) is 29.8 Å². The van der Waals surface area contributed by atoms with Gasteiger partial charge in [-0.15, -0.1) is 11.3 Å². The van der Waals surface area contributed by atoms with Crippen molar-refractivity contribution >= 4 is 23.4 Å². The van der Waals surface area contributed by atoms with Gasteiger partial charge < -0.3 is 9.30 Å². The molecule has 0 aliphatic carbocycles. The summed E-state index contributed by atoms with van der Waals surface area (Å²) in [5.74, 6) is 0.561. The quantitative estimate of drug-likeness (QED) is 0.272. The molecule has 32 heavy (non-hydrogen) atoms. The number of aromatic nitrogens is 2. The Labute approximate surface area is 190 Å². The van der Waals surface area contributed by atoms with Crippen LogP contribution in [0.5, 0.6) is 0 Å². The Morgan fingerprint density at radius 2 is 1.88 bits per heavy atom. The molecule has 0 fully saturated rings. The van der Waals surface area contributed by atoms with Gasteiger partial charge in [-0.3, -0.25) is 0 Å². The Hall–Kier alpha value is -3.95. The third-order valence-corrected chi connectivity index (χ3v) is 6.01. The van der Waals surface area contributed by atoms with Crippen LogP contribution in [0, 0.1) is 18.3 Å². The SMILES string of the molecule is CCOC(=O)/C=C/c1scc(-c2ccc(-n3ccnc3C)cc2)c1-c1ccc(C#N)cc1. The zero-order valence-electron chi connectivity index (χ0n) is 17.8. The monoisotopic (exact) mass is 439 g/mol. The molecule has 0 saturated carbocycles. The molecule has 4 aromatic rings. The number of ether oxygens (including phenoxy) is 1. The molecule has 0 aliphatic rings. The van der Waals surface area contributed by atoms with Crippen LogP contribution in [0.1, 0.15) is 23.2 Å². The van der Waals surface area contributed by atoms with Crippen molar-refractivity contribution < 1.29 is 9.53 Å². The molecule has 0 saturated heterocycles. The molecule has 0 amide bonds. The van der Waals surface area contributed by atoms with Gasteiger partial charge in [-0.1, -0.05) is 24.3 Å². The lowest BCUT2D eigenvalue weighted by Crippen LogP contribution is -1.98. The zero-order valence-corrected chi connectivity index (χ0v) is 18.6. The van der Waals surface area contributed by atoms with Crippen LogP contribution in [-0.2, 0) is 9.53 Å². The van der Waals surface area contributed by atoms with Crippen LogP contribution in [0.3, 0.4) is 0 Å². The van der Waals surface area contributed by atoms with Crippen molar-refractivity contribution in [3.8, 4) is 34.0 Å². The summed E-state index contributed by atoms with van der Waals surface area (Å²) in [4.78, 5) is 17.1. The van der Waals surface area contributed by atoms with Crippen LogP contribution in [0.25, 0.3) is 34.0 Å². The largest absolute Gasteiger partial charge is 0.463 e. The highest BCUT2D eigenvalue weighted by atomic mass is 32.1. The fraction of sp³-hybridized carbons (Fsp3) is 0.115. The first-order chi connectivity index (χ1) is 15.6. The number of aryl methyl sites for hydroxylation is 1. The van der Waals surface area contributed by atoms with Crippen molar-refractivity contribution in [1.82, 2.24) is 9.55 Å². The summed E-state index contributed by atoms with van der Waals surface area (Å²) in [5.41, 5.74) is 5.79. The highest BCUT2D eigenvalue weighted by molar-refractivity contribution is 7.12. The summed E-state index contributed by atoms with van der Waals surface area (Å²) in [6, 6.07) is 18.0. The second-order valence-corrected chi connectivity index (χ2v) is 7.97. The van der Waals surface area contributed by atoms with Gasteiger partial charge in [0.1, 0.15) is 5.82 Å². The first-order valence-electron chi connectivity index (χ1n) is 10.2. The number of carbonyl (C=O) groups is 1. The molecular formula is C26H21N3O2S. The van der Waals surface area contributed by atoms with Crippen molar-refractivity contribution in [2.45, 2.75) is 13.8 Å². The molecule has 4 rings (SSSR count). The van der Waals surface area contributed by atoms with Crippen molar-refractivity contribution in [3.63, 3.8) is 0 Å². The van der Waals surface area contributed by atoms with Crippen LogP contribution in [0.4, 0.5) is 0 Å². The molecule has 0 radical (unpaired) electrons. The predicted octanol–water partition coefficient (Wildman–Crippen LogP) is 6.02. The number of thiophene rings is 1. The van der Waals surface area contributed by atoms with Gasteiger partial charge in [-0.05, 0) is 60.7 Å². The summed E-state index contributed by atoms with van der Waals surface area (Å²) >= 11 is 1.57. The number of rotatable bonds is 6. The second kappa shape index (κ2) is 9.46. The van der Waals surface area contributed by atoms with E-state index in [0.717, 1.165) is 38.6 Å². The van der Waals surface area contributed by atoms with Gasteiger partial charge in [0, 0.05) is 40.2 Å². The first-order valence-corrected chi connectivity index (χ1v) is 11.1. The van der Waals surface area contributed by atoms with Crippen molar-refractivity contribution in [3.05, 3.63) is 88.6 Å². The van der Waals surface area contributed by atoms with Crippen LogP contribution < -0.4 is 0 Å². The fourth-order valence-corrected chi connectivity index (χ4v) is 4.49. The van der Waals surface area contributed by atoms with Gasteiger partial charge in [0.15, 0.2) is 0 Å². The molecule has 5 nitrogen and oxygen atoms in total. The average molecular weight is 440 g/mol. The minimum atomic E-state index is -0.367. The van der Waals surface area contributed by atoms with Gasteiger partial charge in [-0.2, -0.15) is 5.26 Å².